The van der Waals surface area contributed by atoms with Crippen LogP contribution in [0, 0.1) is 53.2 Å². The Balaban J connectivity index is 0.000000408. The number of ether oxygens (including phenoxy) is 3. The van der Waals surface area contributed by atoms with E-state index in [1.54, 1.807) is 24.3 Å². The third-order valence-corrected chi connectivity index (χ3v) is 26.1. The molecule has 0 unspecified atom stereocenters. The zero-order valence-corrected chi connectivity index (χ0v) is 86.2. The van der Waals surface area contributed by atoms with Crippen LogP contribution in [0.3, 0.4) is 0 Å². The number of Topliss-reactive ketones (excluding diaryl/α,β-unsaturated/α-hetero) is 7. The van der Waals surface area contributed by atoms with Gasteiger partial charge >= 0.3 is 6.36 Å². The van der Waals surface area contributed by atoms with E-state index in [4.69, 9.17) is 9.47 Å². The summed E-state index contributed by atoms with van der Waals surface area (Å²) in [5, 5.41) is 25.4. The van der Waals surface area contributed by atoms with Crippen LogP contribution in [-0.4, -0.2) is 152 Å². The van der Waals surface area contributed by atoms with E-state index < -0.39 is 6.36 Å². The fourth-order valence-electron chi connectivity index (χ4n) is 17.8. The van der Waals surface area contributed by atoms with Crippen LogP contribution in [0.25, 0.3) is 21.9 Å². The first kappa shape index (κ1) is 123. The maximum atomic E-state index is 13.4. The average Bonchev–Trinajstić information content (AvgIpc) is 0.818. The summed E-state index contributed by atoms with van der Waals surface area (Å²) in [6.45, 7) is 20.5. The van der Waals surface area contributed by atoms with Crippen molar-refractivity contribution < 1.29 is 65.3 Å². The number of ketones is 7. The second-order valence-corrected chi connectivity index (χ2v) is 35.6. The molecule has 0 radical (unpaired) electrons. The van der Waals surface area contributed by atoms with E-state index in [-0.39, 0.29) is 170 Å². The van der Waals surface area contributed by atoms with Crippen molar-refractivity contribution >= 4 is 154 Å². The van der Waals surface area contributed by atoms with Crippen molar-refractivity contribution in [3.05, 3.63) is 268 Å². The molecule has 752 valence electrons. The average molecular weight is 2100 g/mol. The maximum absolute atomic E-state index is 13.4. The molecule has 137 heavy (non-hydrogen) atoms. The Hall–Kier alpha value is -7.72. The van der Waals surface area contributed by atoms with Gasteiger partial charge in [0.2, 0.25) is 0 Å². The highest BCUT2D eigenvalue weighted by Gasteiger charge is 2.34. The Kier molecular flexibility index (Phi) is 61.6. The van der Waals surface area contributed by atoms with Crippen molar-refractivity contribution in [2.75, 3.05) is 105 Å². The smallest absolute Gasteiger partial charge is 0.494 e. The molecule has 7 aliphatic heterocycles. The fraction of sp³-hybridized carbons (Fsp3) is 0.454. The van der Waals surface area contributed by atoms with Crippen LogP contribution in [0.1, 0.15) is 150 Å². The van der Waals surface area contributed by atoms with Crippen molar-refractivity contribution in [2.24, 2.45) is 47.3 Å². The zero-order chi connectivity index (χ0) is 92.1. The maximum Gasteiger partial charge on any atom is 0.573 e. The molecule has 17 nitrogen and oxygen atoms in total. The summed E-state index contributed by atoms with van der Waals surface area (Å²) < 4.78 is 66.6. The van der Waals surface area contributed by atoms with Gasteiger partial charge in [-0.15, -0.1) is 100 Å². The summed E-state index contributed by atoms with van der Waals surface area (Å²) >= 11 is 3.48. The summed E-state index contributed by atoms with van der Waals surface area (Å²) in [6.07, 6.45) is 11.3. The minimum atomic E-state index is -4.74. The standard InChI is InChI=1S/C19H21NO.C17H19NO.C16H23NO2.C15H21NO2.C14H16F3NO2.C14H18FNO.C13H16BrNO.7ClH/c21-19(16-10-12-20-13-11-16)14-17-8-4-5-9-18(17)15-6-2-1-3-7-15;19-17(14-8-10-18-11-9-14)12-15-6-3-5-13-4-1-2-7-16(13)15;1-2-11-19-16-6-4-3-5-14(16)12-15(18)13-7-9-17-10-8-13;1-2-18-15-6-4-3-5-13(15)11-14(17)12-7-9-16-10-8-12;15-14(16,17)20-13-4-2-1-3-11(13)9-12(19)10-5-7-18-8-6-10;1-10-9-16-7-6-12(10)14(17)8-11-4-2-3-5-13(11)15;14-12-4-2-1-3-11(12)9-13(16)10-5-7-15-8-6-10;;;;;;;/h1-9,16,20H,10-14H2;1-7,14,18H,8-12H2;3-6,13,17H,2,7-12H2,1H3;3-6,12,16H,2,7-11H2,1H3;1-4,10,18H,5-9H2;2-5,10,12,16H,6-9H2,1H3;1-4,10,15H,5-9H2;7*1H/t;;;;;10-,12-;;;;;;;;/m.....1......../s1. The second kappa shape index (κ2) is 68.4. The number of rotatable bonds is 28. The Morgan fingerprint density at radius 3 is 1.06 bits per heavy atom. The molecule has 0 spiro atoms. The van der Waals surface area contributed by atoms with Gasteiger partial charge in [0.05, 0.1) is 13.2 Å². The molecule has 0 aromatic heterocycles. The lowest BCUT2D eigenvalue weighted by molar-refractivity contribution is -0.275. The fourth-order valence-corrected chi connectivity index (χ4v) is 18.2. The number of fused-ring (bicyclic) bond motifs is 1. The number of hydrogen-bond donors (Lipinski definition) is 7. The van der Waals surface area contributed by atoms with Gasteiger partial charge in [-0.05, 0) is 269 Å². The Labute approximate surface area is 860 Å². The molecule has 9 aromatic carbocycles. The SMILES string of the molecule is CCCOc1ccccc1CC(=O)C1CCNCC1.CCOc1ccccc1CC(=O)C1CCNCC1.C[C@@H]1CNCC[C@H]1C(=O)Cc1ccccc1F.Cl.Cl.Cl.Cl.Cl.Cl.Cl.O=C(Cc1cccc2ccccc12)C1CCNCC1.O=C(Cc1ccccc1-c1ccccc1)C1CCNCC1.O=C(Cc1ccccc1Br)C1CCNCC1.O=C(Cc1ccccc1OC(F)(F)F)C1CCNCC1. The number of para-hydroxylation sites is 3. The molecule has 0 bridgehead atoms. The lowest BCUT2D eigenvalue weighted by Gasteiger charge is -2.28. The molecular formula is C108H141BrCl7F4N7O10. The second-order valence-electron chi connectivity index (χ2n) is 34.7. The molecule has 7 N–H and O–H groups in total. The molecule has 16 rings (SSSR count). The van der Waals surface area contributed by atoms with Crippen LogP contribution < -0.4 is 51.4 Å². The summed E-state index contributed by atoms with van der Waals surface area (Å²) in [5.41, 5.74) is 8.63. The van der Waals surface area contributed by atoms with Gasteiger partial charge in [0.15, 0.2) is 0 Å². The van der Waals surface area contributed by atoms with Crippen molar-refractivity contribution in [3.63, 3.8) is 0 Å². The van der Waals surface area contributed by atoms with Gasteiger partial charge in [0.1, 0.15) is 63.5 Å². The molecule has 0 aliphatic carbocycles. The topological polar surface area (TPSA) is 231 Å². The van der Waals surface area contributed by atoms with Gasteiger partial charge in [0, 0.05) is 108 Å². The van der Waals surface area contributed by atoms with Gasteiger partial charge < -0.3 is 51.4 Å². The normalized spacial score (nSPS) is 16.7. The van der Waals surface area contributed by atoms with E-state index in [2.05, 4.69) is 120 Å². The number of nitrogens with one attached hydrogen (secondary N) is 7. The van der Waals surface area contributed by atoms with E-state index in [0.717, 1.165) is 220 Å². The number of benzene rings is 9. The summed E-state index contributed by atoms with van der Waals surface area (Å²) in [7, 11) is 0. The predicted octanol–water partition coefficient (Wildman–Crippen LogP) is 21.6. The van der Waals surface area contributed by atoms with Crippen molar-refractivity contribution in [1.29, 1.82) is 0 Å². The number of hydrogen-bond acceptors (Lipinski definition) is 17. The van der Waals surface area contributed by atoms with E-state index in [1.807, 2.05) is 128 Å². The van der Waals surface area contributed by atoms with Crippen LogP contribution in [0.4, 0.5) is 17.6 Å². The Morgan fingerprint density at radius 1 is 0.328 bits per heavy atom. The molecule has 7 saturated heterocycles. The number of halogens is 12. The minimum Gasteiger partial charge on any atom is -0.494 e. The van der Waals surface area contributed by atoms with E-state index in [9.17, 15) is 51.1 Å². The number of alkyl halides is 3. The van der Waals surface area contributed by atoms with Gasteiger partial charge in [-0.1, -0.05) is 218 Å². The van der Waals surface area contributed by atoms with Gasteiger partial charge in [0.25, 0.3) is 0 Å². The molecule has 29 heteroatoms. The van der Waals surface area contributed by atoms with Crippen molar-refractivity contribution in [3.8, 4) is 28.4 Å². The Bertz CT molecular complexity index is 5000. The number of carbonyl (C=O) groups is 7. The van der Waals surface area contributed by atoms with E-state index >= 15 is 0 Å². The number of carbonyl (C=O) groups excluding carboxylic acids is 7. The van der Waals surface area contributed by atoms with Gasteiger partial charge in [-0.2, -0.15) is 0 Å². The third-order valence-electron chi connectivity index (χ3n) is 25.3. The highest BCUT2D eigenvalue weighted by molar-refractivity contribution is 9.10. The van der Waals surface area contributed by atoms with Crippen LogP contribution >= 0.6 is 103 Å². The van der Waals surface area contributed by atoms with E-state index in [0.29, 0.717) is 85.7 Å². The molecule has 2 atom stereocenters. The zero-order valence-electron chi connectivity index (χ0n) is 78.9. The molecule has 0 amide bonds. The van der Waals surface area contributed by atoms with Crippen molar-refractivity contribution in [1.82, 2.24) is 37.2 Å². The highest BCUT2D eigenvalue weighted by Crippen LogP contribution is 2.33. The lowest BCUT2D eigenvalue weighted by atomic mass is 9.82. The monoisotopic (exact) mass is 2100 g/mol. The minimum absolute atomic E-state index is 0. The first-order valence-electron chi connectivity index (χ1n) is 47.2. The van der Waals surface area contributed by atoms with Crippen molar-refractivity contribution in [2.45, 2.75) is 162 Å². The molecule has 7 fully saturated rings. The third kappa shape index (κ3) is 42.9. The largest absolute Gasteiger partial charge is 0.573 e. The van der Waals surface area contributed by atoms with Crippen LogP contribution in [0.2, 0.25) is 0 Å². The van der Waals surface area contributed by atoms with Crippen LogP contribution in [-0.2, 0) is 78.5 Å². The predicted molar refractivity (Wildman–Crippen MR) is 565 cm³/mol. The first-order chi connectivity index (χ1) is 63.2. The summed E-state index contributed by atoms with van der Waals surface area (Å²) in [4.78, 5) is 85.8. The lowest BCUT2D eigenvalue weighted by Crippen LogP contribution is -2.39. The molecule has 7 heterocycles. The molecule has 9 aromatic rings. The van der Waals surface area contributed by atoms with Gasteiger partial charge in [-0.25, -0.2) is 4.39 Å². The van der Waals surface area contributed by atoms with E-state index in [1.165, 1.54) is 51.7 Å². The quantitative estimate of drug-likeness (QED) is 0.0226. The highest BCUT2D eigenvalue weighted by atomic mass is 79.9. The van der Waals surface area contributed by atoms with Gasteiger partial charge in [-0.3, -0.25) is 33.6 Å². The van der Waals surface area contributed by atoms with Crippen LogP contribution in [0.15, 0.2) is 223 Å². The molecular weight excluding hydrogens is 1960 g/mol. The number of piperidine rings is 7. The Morgan fingerprint density at radius 2 is 0.642 bits per heavy atom. The molecule has 0 saturated carbocycles. The first-order valence-corrected chi connectivity index (χ1v) is 48.0. The summed E-state index contributed by atoms with van der Waals surface area (Å²) in [5.74, 6) is 4.72. The molecule has 7 aliphatic rings. The summed E-state index contributed by atoms with van der Waals surface area (Å²) in [6, 6.07) is 69.2. The van der Waals surface area contributed by atoms with Crippen LogP contribution in [0.5, 0.6) is 17.2 Å².